The van der Waals surface area contributed by atoms with Crippen molar-refractivity contribution in [3.8, 4) is 11.2 Å². The maximum Gasteiger partial charge on any atom is 0.0702 e. The summed E-state index contributed by atoms with van der Waals surface area (Å²) in [6.45, 7) is 4.00. The highest BCUT2D eigenvalue weighted by molar-refractivity contribution is 14.2. The standard InChI is InChI=1S/C11H6INS.C2H6/c12-14-6-5-9-7-10-3-1-2-4-11(10)13-8-9;1-2/h1-4,7-8H;1-2H3. The molecular weight excluding hydrogens is 329 g/mol. The first kappa shape index (κ1) is 13.3. The molecule has 2 aromatic rings. The molecule has 0 spiro atoms. The number of aromatic nitrogens is 1. The van der Waals surface area contributed by atoms with Crippen LogP contribution in [0.3, 0.4) is 0 Å². The van der Waals surface area contributed by atoms with Crippen LogP contribution in [-0.2, 0) is 0 Å². The minimum atomic E-state index is 0.966. The molecule has 2 rings (SSSR count). The Bertz CT molecular complexity index is 514. The second-order valence-corrected chi connectivity index (χ2v) is 4.40. The van der Waals surface area contributed by atoms with Crippen molar-refractivity contribution in [3.05, 3.63) is 42.1 Å². The van der Waals surface area contributed by atoms with Gasteiger partial charge in [0.25, 0.3) is 0 Å². The molecule has 0 aliphatic heterocycles. The summed E-state index contributed by atoms with van der Waals surface area (Å²) in [6, 6.07) is 10.1. The molecule has 0 saturated carbocycles. The summed E-state index contributed by atoms with van der Waals surface area (Å²) in [5, 5.41) is 4.08. The number of halogens is 1. The lowest BCUT2D eigenvalue weighted by Crippen LogP contribution is -1.80. The molecule has 0 bridgehead atoms. The number of hydrogen-bond donors (Lipinski definition) is 0. The topological polar surface area (TPSA) is 12.9 Å². The Hall–Kier alpha value is -0.730. The van der Waals surface area contributed by atoms with E-state index in [4.69, 9.17) is 0 Å². The third-order valence-electron chi connectivity index (χ3n) is 1.82. The molecule has 0 atom stereocenters. The maximum atomic E-state index is 4.32. The zero-order valence-electron chi connectivity index (χ0n) is 9.20. The van der Waals surface area contributed by atoms with Gasteiger partial charge in [-0.05, 0) is 26.3 Å². The highest BCUT2D eigenvalue weighted by atomic mass is 127. The van der Waals surface area contributed by atoms with Crippen LogP contribution < -0.4 is 0 Å². The Morgan fingerprint density at radius 3 is 2.75 bits per heavy atom. The fraction of sp³-hybridized carbons (Fsp3) is 0.154. The zero-order chi connectivity index (χ0) is 11.8. The number of nitrogens with zero attached hydrogens (tertiary/aromatic N) is 1. The molecule has 16 heavy (non-hydrogen) atoms. The number of para-hydroxylation sites is 1. The van der Waals surface area contributed by atoms with E-state index in [-0.39, 0.29) is 0 Å². The molecule has 0 fully saturated rings. The lowest BCUT2D eigenvalue weighted by atomic mass is 10.2. The van der Waals surface area contributed by atoms with Crippen molar-refractivity contribution < 1.29 is 0 Å². The van der Waals surface area contributed by atoms with Gasteiger partial charge >= 0.3 is 0 Å². The first-order valence-electron chi connectivity index (χ1n) is 5.03. The van der Waals surface area contributed by atoms with Crippen LogP contribution in [0.1, 0.15) is 19.4 Å². The summed E-state index contributed by atoms with van der Waals surface area (Å²) >= 11 is 2.15. The van der Waals surface area contributed by atoms with Crippen LogP contribution in [0.2, 0.25) is 0 Å². The minimum Gasteiger partial charge on any atom is -0.255 e. The van der Waals surface area contributed by atoms with Gasteiger partial charge in [-0.25, -0.2) is 0 Å². The van der Waals surface area contributed by atoms with Crippen molar-refractivity contribution >= 4 is 41.0 Å². The monoisotopic (exact) mass is 341 g/mol. The molecular formula is C13H12INS. The molecule has 0 unspecified atom stereocenters. The van der Waals surface area contributed by atoms with Crippen molar-refractivity contribution in [2.75, 3.05) is 0 Å². The Morgan fingerprint density at radius 1 is 1.25 bits per heavy atom. The van der Waals surface area contributed by atoms with Gasteiger partial charge in [-0.15, -0.1) is 0 Å². The zero-order valence-corrected chi connectivity index (χ0v) is 12.2. The first-order valence-corrected chi connectivity index (χ1v) is 8.39. The predicted molar refractivity (Wildman–Crippen MR) is 81.6 cm³/mol. The Morgan fingerprint density at radius 2 is 2.00 bits per heavy atom. The van der Waals surface area contributed by atoms with Crippen LogP contribution in [0.5, 0.6) is 0 Å². The van der Waals surface area contributed by atoms with Crippen LogP contribution in [0.15, 0.2) is 36.5 Å². The number of fused-ring (bicyclic) bond motifs is 1. The van der Waals surface area contributed by atoms with E-state index in [9.17, 15) is 0 Å². The van der Waals surface area contributed by atoms with Crippen LogP contribution in [0.25, 0.3) is 10.9 Å². The molecule has 0 amide bonds. The Kier molecular flexibility index (Phi) is 6.27. The van der Waals surface area contributed by atoms with Crippen LogP contribution in [0.4, 0.5) is 0 Å². The van der Waals surface area contributed by atoms with Gasteiger partial charge in [-0.1, -0.05) is 38.0 Å². The minimum absolute atomic E-state index is 0.966. The molecule has 0 N–H and O–H groups in total. The SMILES string of the molecule is CC.ISC#Cc1cnc2ccccc2c1. The smallest absolute Gasteiger partial charge is 0.0702 e. The Balaban J connectivity index is 0.000000606. The molecule has 1 aromatic heterocycles. The van der Waals surface area contributed by atoms with E-state index < -0.39 is 0 Å². The summed E-state index contributed by atoms with van der Waals surface area (Å²) < 4.78 is 0. The van der Waals surface area contributed by atoms with Crippen molar-refractivity contribution in [2.24, 2.45) is 0 Å². The highest BCUT2D eigenvalue weighted by Gasteiger charge is 1.93. The van der Waals surface area contributed by atoms with Crippen LogP contribution in [0, 0.1) is 11.2 Å². The molecule has 0 aliphatic rings. The number of pyridine rings is 1. The van der Waals surface area contributed by atoms with Crippen molar-refractivity contribution in [1.29, 1.82) is 0 Å². The van der Waals surface area contributed by atoms with E-state index in [1.807, 2.05) is 44.3 Å². The van der Waals surface area contributed by atoms with Crippen molar-refractivity contribution in [1.82, 2.24) is 4.98 Å². The Labute approximate surface area is 113 Å². The third-order valence-corrected chi connectivity index (χ3v) is 2.66. The second kappa shape index (κ2) is 7.53. The lowest BCUT2D eigenvalue weighted by molar-refractivity contribution is 1.39. The summed E-state index contributed by atoms with van der Waals surface area (Å²) in [7, 11) is 1.48. The number of benzene rings is 1. The van der Waals surface area contributed by atoms with Gasteiger partial charge in [0.2, 0.25) is 0 Å². The van der Waals surface area contributed by atoms with Gasteiger partial charge in [-0.2, -0.15) is 0 Å². The molecule has 3 heteroatoms. The van der Waals surface area contributed by atoms with E-state index in [0.29, 0.717) is 0 Å². The van der Waals surface area contributed by atoms with Crippen molar-refractivity contribution in [3.63, 3.8) is 0 Å². The molecule has 1 nitrogen and oxygen atoms in total. The summed E-state index contributed by atoms with van der Waals surface area (Å²) in [5.41, 5.74) is 1.98. The van der Waals surface area contributed by atoms with Crippen LogP contribution >= 0.6 is 30.1 Å². The van der Waals surface area contributed by atoms with E-state index in [1.165, 1.54) is 8.93 Å². The quantitative estimate of drug-likeness (QED) is 0.511. The fourth-order valence-corrected chi connectivity index (χ4v) is 1.70. The normalized spacial score (nSPS) is 8.69. The summed E-state index contributed by atoms with van der Waals surface area (Å²) in [4.78, 5) is 4.32. The van der Waals surface area contributed by atoms with E-state index in [1.54, 1.807) is 0 Å². The average Bonchev–Trinajstić information content (AvgIpc) is 2.38. The number of rotatable bonds is 0. The van der Waals surface area contributed by atoms with Gasteiger partial charge in [0.1, 0.15) is 0 Å². The molecule has 0 saturated heterocycles. The molecule has 0 radical (unpaired) electrons. The fourth-order valence-electron chi connectivity index (χ4n) is 1.22. The summed E-state index contributed by atoms with van der Waals surface area (Å²) in [5.74, 6) is 3.03. The van der Waals surface area contributed by atoms with E-state index >= 15 is 0 Å². The van der Waals surface area contributed by atoms with Gasteiger partial charge in [-0.3, -0.25) is 4.98 Å². The second-order valence-electron chi connectivity index (χ2n) is 2.72. The van der Waals surface area contributed by atoms with Gasteiger partial charge in [0, 0.05) is 38.4 Å². The van der Waals surface area contributed by atoms with Gasteiger partial charge in [0.05, 0.1) is 5.52 Å². The first-order chi connectivity index (χ1) is 7.90. The number of hydrogen-bond acceptors (Lipinski definition) is 2. The lowest BCUT2D eigenvalue weighted by Gasteiger charge is -1.95. The molecule has 1 aromatic carbocycles. The molecule has 1 heterocycles. The van der Waals surface area contributed by atoms with E-state index in [0.717, 1.165) is 16.5 Å². The third kappa shape index (κ3) is 3.69. The average molecular weight is 341 g/mol. The maximum absolute atomic E-state index is 4.32. The molecule has 0 aliphatic carbocycles. The summed E-state index contributed by atoms with van der Waals surface area (Å²) in [6.07, 6.45) is 1.81. The predicted octanol–water partition coefficient (Wildman–Crippen LogP) is 4.65. The largest absolute Gasteiger partial charge is 0.255 e. The van der Waals surface area contributed by atoms with Crippen LogP contribution in [-0.4, -0.2) is 4.98 Å². The van der Waals surface area contributed by atoms with Crippen molar-refractivity contribution in [2.45, 2.75) is 13.8 Å². The van der Waals surface area contributed by atoms with Gasteiger partial charge < -0.3 is 0 Å². The van der Waals surface area contributed by atoms with Gasteiger partial charge in [0.15, 0.2) is 0 Å². The molecule has 82 valence electrons. The highest BCUT2D eigenvalue weighted by Crippen LogP contribution is 2.13. The van der Waals surface area contributed by atoms with E-state index in [2.05, 4.69) is 43.4 Å².